The third-order valence-electron chi connectivity index (χ3n) is 8.84. The second-order valence-corrected chi connectivity index (χ2v) is 15.8. The lowest BCUT2D eigenvalue weighted by molar-refractivity contribution is -0.303. The fourth-order valence-electron chi connectivity index (χ4n) is 7.10. The van der Waals surface area contributed by atoms with E-state index in [1.54, 1.807) is 0 Å². The van der Waals surface area contributed by atoms with Gasteiger partial charge in [0.2, 0.25) is 5.91 Å². The second kappa shape index (κ2) is 17.2. The van der Waals surface area contributed by atoms with E-state index in [1.807, 2.05) is 20.8 Å². The average molecular weight is 620 g/mol. The molecule has 1 aliphatic heterocycles. The van der Waals surface area contributed by atoms with Gasteiger partial charge in [0.05, 0.1) is 37.9 Å². The van der Waals surface area contributed by atoms with E-state index in [0.717, 1.165) is 32.1 Å². The fourth-order valence-corrected chi connectivity index (χ4v) is 7.10. The summed E-state index contributed by atoms with van der Waals surface area (Å²) >= 11 is 0. The summed E-state index contributed by atoms with van der Waals surface area (Å²) in [4.78, 5) is 13.3. The summed E-state index contributed by atoms with van der Waals surface area (Å²) in [6.45, 7) is 20.0. The van der Waals surface area contributed by atoms with E-state index < -0.39 is 66.9 Å². The maximum Gasteiger partial charge on any atom is 0.222 e. The van der Waals surface area contributed by atoms with E-state index >= 15 is 0 Å². The first-order valence-electron chi connectivity index (χ1n) is 16.2. The van der Waals surface area contributed by atoms with Crippen LogP contribution in [0.25, 0.3) is 0 Å². The van der Waals surface area contributed by atoms with Crippen LogP contribution in [0.5, 0.6) is 0 Å². The molecule has 10 nitrogen and oxygen atoms in total. The Bertz CT molecular complexity index is 816. The number of amides is 1. The monoisotopic (exact) mass is 619 g/mol. The minimum Gasteiger partial charge on any atom is -0.394 e. The minimum atomic E-state index is -1.61. The number of ether oxygens (including phenoxy) is 2. The molecule has 1 saturated heterocycles. The van der Waals surface area contributed by atoms with E-state index in [0.29, 0.717) is 12.3 Å². The van der Waals surface area contributed by atoms with Gasteiger partial charge in [-0.1, -0.05) is 82.1 Å². The molecule has 1 rings (SSSR count). The van der Waals surface area contributed by atoms with Crippen molar-refractivity contribution >= 4 is 5.91 Å². The normalized spacial score (nSPS) is 26.7. The van der Waals surface area contributed by atoms with Gasteiger partial charge in [-0.3, -0.25) is 4.79 Å². The first-order chi connectivity index (χ1) is 19.7. The van der Waals surface area contributed by atoms with Gasteiger partial charge >= 0.3 is 0 Å². The van der Waals surface area contributed by atoms with Gasteiger partial charge in [0, 0.05) is 0 Å². The van der Waals surface area contributed by atoms with Crippen LogP contribution in [-0.2, 0) is 14.3 Å². The van der Waals surface area contributed by atoms with Gasteiger partial charge in [0.15, 0.2) is 6.29 Å². The predicted molar refractivity (Wildman–Crippen MR) is 167 cm³/mol. The number of unbranched alkanes of at least 4 members (excludes halogenated alkanes) is 1. The van der Waals surface area contributed by atoms with Crippen molar-refractivity contribution < 1.29 is 44.9 Å². The highest BCUT2D eigenvalue weighted by molar-refractivity contribution is 5.76. The number of aliphatic hydroxyl groups is 6. The van der Waals surface area contributed by atoms with E-state index in [-0.39, 0.29) is 29.8 Å². The van der Waals surface area contributed by atoms with E-state index in [1.165, 1.54) is 0 Å². The first-order valence-corrected chi connectivity index (χ1v) is 16.2. The summed E-state index contributed by atoms with van der Waals surface area (Å²) in [6, 6.07) is -0.937. The lowest BCUT2D eigenvalue weighted by Gasteiger charge is -2.43. The number of carbonyl (C=O) groups is 1. The van der Waals surface area contributed by atoms with Crippen molar-refractivity contribution in [3.8, 4) is 0 Å². The molecule has 0 aromatic rings. The summed E-state index contributed by atoms with van der Waals surface area (Å²) in [5, 5.41) is 65.7. The van der Waals surface area contributed by atoms with Crippen LogP contribution >= 0.6 is 0 Å². The largest absolute Gasteiger partial charge is 0.394 e. The molecule has 7 N–H and O–H groups in total. The lowest BCUT2D eigenvalue weighted by Crippen LogP contribution is -2.60. The van der Waals surface area contributed by atoms with Gasteiger partial charge in [-0.2, -0.15) is 0 Å². The second-order valence-electron chi connectivity index (χ2n) is 15.8. The lowest BCUT2D eigenvalue weighted by atomic mass is 9.68. The summed E-state index contributed by atoms with van der Waals surface area (Å²) in [6.07, 6.45) is -3.78. The first kappa shape index (κ1) is 40.2. The van der Waals surface area contributed by atoms with Crippen LogP contribution in [0.3, 0.4) is 0 Å². The van der Waals surface area contributed by atoms with Gasteiger partial charge in [0.25, 0.3) is 0 Å². The molecule has 0 aliphatic carbocycles. The average Bonchev–Trinajstić information content (AvgIpc) is 2.87. The zero-order chi connectivity index (χ0) is 33.3. The molecule has 0 spiro atoms. The number of aliphatic hydroxyl groups excluding tert-OH is 6. The molecule has 1 amide bonds. The van der Waals surface area contributed by atoms with E-state index in [4.69, 9.17) is 9.47 Å². The standard InChI is InChI=1S/C33H65NO9/c1-11-12-13-31(5,6)16-21(4)23(36)14-25(37)34-22(29(41)33(9,10)19-32(7,8)15-20(2)3)18-42-30-28(40)27(39)26(38)24(17-35)43-30/h20-24,26-30,35-36,38-41H,11-19H2,1-10H3,(H,34,37)/t21?,22?,23-,24?,26?,27?,28?,29-,30?/m0/s1. The van der Waals surface area contributed by atoms with Crippen LogP contribution in [0.15, 0.2) is 0 Å². The van der Waals surface area contributed by atoms with Crippen LogP contribution in [0.1, 0.15) is 114 Å². The maximum absolute atomic E-state index is 13.3. The molecule has 0 saturated carbocycles. The highest BCUT2D eigenvalue weighted by Gasteiger charge is 2.45. The molecule has 1 heterocycles. The van der Waals surface area contributed by atoms with Crippen molar-refractivity contribution in [3.05, 3.63) is 0 Å². The molecule has 0 bridgehead atoms. The number of carbonyl (C=O) groups excluding carboxylic acids is 1. The molecule has 1 aliphatic rings. The highest BCUT2D eigenvalue weighted by Crippen LogP contribution is 2.41. The molecule has 0 aromatic carbocycles. The molecule has 7 unspecified atom stereocenters. The Kier molecular flexibility index (Phi) is 16.0. The van der Waals surface area contributed by atoms with Crippen molar-refractivity contribution in [3.63, 3.8) is 0 Å². The Morgan fingerprint density at radius 1 is 0.930 bits per heavy atom. The van der Waals surface area contributed by atoms with E-state index in [9.17, 15) is 35.4 Å². The smallest absolute Gasteiger partial charge is 0.222 e. The van der Waals surface area contributed by atoms with Gasteiger partial charge in [-0.15, -0.1) is 0 Å². The Hall–Kier alpha value is -0.850. The SMILES string of the molecule is CCCCC(C)(C)CC(C)[C@@H](O)CC(=O)NC(COC1OC(CO)C(O)C(O)C1O)[C@H](O)C(C)(C)CC(C)(C)CC(C)C. The van der Waals surface area contributed by atoms with Gasteiger partial charge in [0.1, 0.15) is 24.4 Å². The van der Waals surface area contributed by atoms with Gasteiger partial charge in [-0.05, 0) is 53.8 Å². The highest BCUT2D eigenvalue weighted by atomic mass is 16.7. The zero-order valence-electron chi connectivity index (χ0n) is 28.5. The van der Waals surface area contributed by atoms with Crippen molar-refractivity contribution in [2.24, 2.45) is 28.1 Å². The molecule has 0 aromatic heterocycles. The summed E-state index contributed by atoms with van der Waals surface area (Å²) in [5.41, 5.74) is -0.719. The van der Waals surface area contributed by atoms with Crippen molar-refractivity contribution in [2.45, 2.75) is 163 Å². The van der Waals surface area contributed by atoms with Crippen molar-refractivity contribution in [1.29, 1.82) is 0 Å². The summed E-state index contributed by atoms with van der Waals surface area (Å²) in [7, 11) is 0. The number of rotatable bonds is 19. The molecule has 10 heteroatoms. The van der Waals surface area contributed by atoms with Crippen LogP contribution < -0.4 is 5.32 Å². The van der Waals surface area contributed by atoms with Crippen LogP contribution in [0.4, 0.5) is 0 Å². The summed E-state index contributed by atoms with van der Waals surface area (Å²) < 4.78 is 11.3. The van der Waals surface area contributed by atoms with Gasteiger partial charge < -0.3 is 45.4 Å². The molecular weight excluding hydrogens is 554 g/mol. The molecular formula is C33H65NO9. The third kappa shape index (κ3) is 13.2. The summed E-state index contributed by atoms with van der Waals surface area (Å²) in [5.74, 6) is -0.0904. The molecule has 1 fully saturated rings. The maximum atomic E-state index is 13.3. The topological polar surface area (TPSA) is 169 Å². The molecule has 0 radical (unpaired) electrons. The Balaban J connectivity index is 3.09. The molecule has 256 valence electrons. The third-order valence-corrected chi connectivity index (χ3v) is 8.84. The number of nitrogens with one attached hydrogen (secondary N) is 1. The zero-order valence-corrected chi connectivity index (χ0v) is 28.5. The van der Waals surface area contributed by atoms with Crippen molar-refractivity contribution in [1.82, 2.24) is 5.32 Å². The fraction of sp³-hybridized carbons (Fsp3) is 0.970. The van der Waals surface area contributed by atoms with Crippen molar-refractivity contribution in [2.75, 3.05) is 13.2 Å². The molecule has 9 atom stereocenters. The van der Waals surface area contributed by atoms with Crippen LogP contribution in [-0.4, -0.2) is 98.7 Å². The minimum absolute atomic E-state index is 0.0394. The number of hydrogen-bond donors (Lipinski definition) is 7. The quantitative estimate of drug-likeness (QED) is 0.115. The molecule has 43 heavy (non-hydrogen) atoms. The predicted octanol–water partition coefficient (Wildman–Crippen LogP) is 3.13. The number of hydrogen-bond acceptors (Lipinski definition) is 9. The van der Waals surface area contributed by atoms with Crippen LogP contribution in [0.2, 0.25) is 0 Å². The Labute approximate surface area is 260 Å². The van der Waals surface area contributed by atoms with Gasteiger partial charge in [-0.25, -0.2) is 0 Å². The van der Waals surface area contributed by atoms with Crippen LogP contribution in [0, 0.1) is 28.1 Å². The Morgan fingerprint density at radius 2 is 1.53 bits per heavy atom. The van der Waals surface area contributed by atoms with E-state index in [2.05, 4.69) is 53.8 Å². The Morgan fingerprint density at radius 3 is 2.07 bits per heavy atom.